The van der Waals surface area contributed by atoms with E-state index in [4.69, 9.17) is 4.74 Å². The highest BCUT2D eigenvalue weighted by molar-refractivity contribution is 5.89. The normalized spacial score (nSPS) is 22.1. The molecule has 0 unspecified atom stereocenters. The van der Waals surface area contributed by atoms with E-state index in [1.807, 2.05) is 0 Å². The molecule has 2 aliphatic rings. The maximum atomic E-state index is 13.2. The lowest BCUT2D eigenvalue weighted by Crippen LogP contribution is -2.47. The molecule has 5 nitrogen and oxygen atoms in total. The third kappa shape index (κ3) is 4.85. The van der Waals surface area contributed by atoms with Crippen LogP contribution in [0.5, 0.6) is 0 Å². The lowest BCUT2D eigenvalue weighted by molar-refractivity contribution is 0.0633. The first-order valence-corrected chi connectivity index (χ1v) is 8.57. The number of nitrogens with one attached hydrogen (secondary N) is 2. The summed E-state index contributed by atoms with van der Waals surface area (Å²) in [5, 5.41) is 5.13. The average Bonchev–Trinajstić information content (AvgIpc) is 3.07. The van der Waals surface area contributed by atoms with Crippen LogP contribution in [0, 0.1) is 17.5 Å². The number of halogens is 3. The summed E-state index contributed by atoms with van der Waals surface area (Å²) < 4.78 is 44.9. The molecule has 2 saturated heterocycles. The van der Waals surface area contributed by atoms with Gasteiger partial charge in [0, 0.05) is 50.1 Å². The topological polar surface area (TPSA) is 53.6 Å². The van der Waals surface area contributed by atoms with Crippen LogP contribution in [-0.4, -0.2) is 49.3 Å². The van der Waals surface area contributed by atoms with Gasteiger partial charge in [-0.3, -0.25) is 0 Å². The zero-order valence-corrected chi connectivity index (χ0v) is 13.9. The lowest BCUT2D eigenvalue weighted by atomic mass is 10.0. The maximum Gasteiger partial charge on any atom is 0.319 e. The molecule has 2 N–H and O–H groups in total. The molecular formula is C17H22F3N3O2. The summed E-state index contributed by atoms with van der Waals surface area (Å²) in [7, 11) is 0. The minimum Gasteiger partial charge on any atom is -0.377 e. The smallest absolute Gasteiger partial charge is 0.319 e. The summed E-state index contributed by atoms with van der Waals surface area (Å²) in [6, 6.07) is 0.948. The zero-order chi connectivity index (χ0) is 17.8. The molecule has 0 aromatic heterocycles. The Hall–Kier alpha value is -1.80. The summed E-state index contributed by atoms with van der Waals surface area (Å²) in [4.78, 5) is 14.3. The number of carbonyl (C=O) groups excluding carboxylic acids is 1. The molecule has 1 aromatic rings. The van der Waals surface area contributed by atoms with Gasteiger partial charge in [-0.15, -0.1) is 0 Å². The van der Waals surface area contributed by atoms with Gasteiger partial charge in [0.25, 0.3) is 0 Å². The minimum absolute atomic E-state index is 0.00381. The maximum absolute atomic E-state index is 13.2. The fourth-order valence-corrected chi connectivity index (χ4v) is 3.32. The number of amides is 2. The summed E-state index contributed by atoms with van der Waals surface area (Å²) >= 11 is 0. The lowest BCUT2D eigenvalue weighted by Gasteiger charge is -2.33. The molecule has 25 heavy (non-hydrogen) atoms. The van der Waals surface area contributed by atoms with Crippen molar-refractivity contribution in [1.82, 2.24) is 10.2 Å². The van der Waals surface area contributed by atoms with Crippen molar-refractivity contribution in [2.45, 2.75) is 37.8 Å². The van der Waals surface area contributed by atoms with Crippen molar-refractivity contribution >= 4 is 11.7 Å². The number of hydrogen-bond acceptors (Lipinski definition) is 3. The molecule has 0 spiro atoms. The number of hydrogen-bond donors (Lipinski definition) is 2. The Morgan fingerprint density at radius 2 is 1.84 bits per heavy atom. The molecule has 2 amide bonds. The van der Waals surface area contributed by atoms with Gasteiger partial charge in [0.05, 0.1) is 6.10 Å². The largest absolute Gasteiger partial charge is 0.377 e. The third-order valence-electron chi connectivity index (χ3n) is 4.65. The van der Waals surface area contributed by atoms with E-state index >= 15 is 0 Å². The SMILES string of the molecule is O=C(Nc1cc(F)c(F)c(F)c1)NC1CCN(C[C@@H]2CCCO2)CC1. The van der Waals surface area contributed by atoms with Crippen molar-refractivity contribution in [1.29, 1.82) is 0 Å². The Morgan fingerprint density at radius 3 is 2.44 bits per heavy atom. The number of rotatable bonds is 4. The van der Waals surface area contributed by atoms with Crippen molar-refractivity contribution in [3.63, 3.8) is 0 Å². The second kappa shape index (κ2) is 8.05. The zero-order valence-electron chi connectivity index (χ0n) is 13.9. The van der Waals surface area contributed by atoms with Gasteiger partial charge in [0.15, 0.2) is 17.5 Å². The van der Waals surface area contributed by atoms with Crippen LogP contribution >= 0.6 is 0 Å². The van der Waals surface area contributed by atoms with Crippen LogP contribution < -0.4 is 10.6 Å². The summed E-state index contributed by atoms with van der Waals surface area (Å²) in [5.74, 6) is -4.22. The van der Waals surface area contributed by atoms with Gasteiger partial charge in [-0.1, -0.05) is 0 Å². The number of anilines is 1. The molecule has 2 aliphatic heterocycles. The fraction of sp³-hybridized carbons (Fsp3) is 0.588. The Balaban J connectivity index is 1.43. The van der Waals surface area contributed by atoms with Crippen LogP contribution in [0.25, 0.3) is 0 Å². The molecular weight excluding hydrogens is 335 g/mol. The molecule has 0 bridgehead atoms. The van der Waals surface area contributed by atoms with Crippen LogP contribution in [-0.2, 0) is 4.74 Å². The predicted molar refractivity (Wildman–Crippen MR) is 86.9 cm³/mol. The second-order valence-corrected chi connectivity index (χ2v) is 6.56. The Morgan fingerprint density at radius 1 is 1.16 bits per heavy atom. The van der Waals surface area contributed by atoms with E-state index in [0.29, 0.717) is 6.10 Å². The van der Waals surface area contributed by atoms with E-state index in [0.717, 1.165) is 64.1 Å². The monoisotopic (exact) mass is 357 g/mol. The molecule has 2 fully saturated rings. The number of carbonyl (C=O) groups is 1. The summed E-state index contributed by atoms with van der Waals surface area (Å²) in [6.45, 7) is 3.50. The van der Waals surface area contributed by atoms with Crippen LogP contribution in [0.4, 0.5) is 23.7 Å². The average molecular weight is 357 g/mol. The van der Waals surface area contributed by atoms with Crippen molar-refractivity contribution < 1.29 is 22.7 Å². The highest BCUT2D eigenvalue weighted by Gasteiger charge is 2.24. The first-order valence-electron chi connectivity index (χ1n) is 8.57. The van der Waals surface area contributed by atoms with Crippen LogP contribution in [0.2, 0.25) is 0 Å². The second-order valence-electron chi connectivity index (χ2n) is 6.56. The first-order chi connectivity index (χ1) is 12.0. The standard InChI is InChI=1S/C17H22F3N3O2/c18-14-8-12(9-15(19)16(14)20)22-17(24)21-11-3-5-23(6-4-11)10-13-2-1-7-25-13/h8-9,11,13H,1-7,10H2,(H2,21,22,24)/t13-/m0/s1. The highest BCUT2D eigenvalue weighted by Crippen LogP contribution is 2.19. The van der Waals surface area contributed by atoms with Crippen LogP contribution in [0.15, 0.2) is 12.1 Å². The van der Waals surface area contributed by atoms with E-state index in [1.54, 1.807) is 0 Å². The van der Waals surface area contributed by atoms with Gasteiger partial charge in [-0.25, -0.2) is 18.0 Å². The predicted octanol–water partition coefficient (Wildman–Crippen LogP) is 2.87. The molecule has 0 saturated carbocycles. The first kappa shape index (κ1) is 18.0. The van der Waals surface area contributed by atoms with E-state index in [2.05, 4.69) is 15.5 Å². The molecule has 0 radical (unpaired) electrons. The number of benzene rings is 1. The van der Waals surface area contributed by atoms with Gasteiger partial charge in [-0.2, -0.15) is 0 Å². The fourth-order valence-electron chi connectivity index (χ4n) is 3.32. The molecule has 1 aromatic carbocycles. The quantitative estimate of drug-likeness (QED) is 0.815. The Kier molecular flexibility index (Phi) is 5.80. The van der Waals surface area contributed by atoms with E-state index < -0.39 is 23.5 Å². The van der Waals surface area contributed by atoms with Gasteiger partial charge in [0.2, 0.25) is 0 Å². The van der Waals surface area contributed by atoms with Crippen molar-refractivity contribution in [2.24, 2.45) is 0 Å². The molecule has 138 valence electrons. The number of urea groups is 1. The number of nitrogens with zero attached hydrogens (tertiary/aromatic N) is 1. The van der Waals surface area contributed by atoms with E-state index in [9.17, 15) is 18.0 Å². The Labute approximate surface area is 144 Å². The minimum atomic E-state index is -1.55. The van der Waals surface area contributed by atoms with E-state index in [-0.39, 0.29) is 11.7 Å². The third-order valence-corrected chi connectivity index (χ3v) is 4.65. The molecule has 2 heterocycles. The van der Waals surface area contributed by atoms with Crippen molar-refractivity contribution in [2.75, 3.05) is 31.6 Å². The van der Waals surface area contributed by atoms with Gasteiger partial charge < -0.3 is 20.3 Å². The number of ether oxygens (including phenoxy) is 1. The molecule has 3 rings (SSSR count). The van der Waals surface area contributed by atoms with Gasteiger partial charge >= 0.3 is 6.03 Å². The molecule has 8 heteroatoms. The van der Waals surface area contributed by atoms with Crippen molar-refractivity contribution in [3.05, 3.63) is 29.6 Å². The van der Waals surface area contributed by atoms with Crippen LogP contribution in [0.3, 0.4) is 0 Å². The number of piperidine rings is 1. The van der Waals surface area contributed by atoms with Gasteiger partial charge in [-0.05, 0) is 25.7 Å². The molecule has 1 atom stereocenters. The van der Waals surface area contributed by atoms with Gasteiger partial charge in [0.1, 0.15) is 0 Å². The molecule has 0 aliphatic carbocycles. The number of likely N-dealkylation sites (tertiary alicyclic amines) is 1. The summed E-state index contributed by atoms with van der Waals surface area (Å²) in [5.41, 5.74) is -0.121. The van der Waals surface area contributed by atoms with Crippen LogP contribution in [0.1, 0.15) is 25.7 Å². The summed E-state index contributed by atoms with van der Waals surface area (Å²) in [6.07, 6.45) is 4.13. The Bertz CT molecular complexity index is 592. The highest BCUT2D eigenvalue weighted by atomic mass is 19.2. The van der Waals surface area contributed by atoms with Crippen molar-refractivity contribution in [3.8, 4) is 0 Å². The van der Waals surface area contributed by atoms with E-state index in [1.165, 1.54) is 0 Å².